The molecule has 1 saturated heterocycles. The van der Waals surface area contributed by atoms with Gasteiger partial charge in [0, 0.05) is 23.9 Å². The summed E-state index contributed by atoms with van der Waals surface area (Å²) in [5.41, 5.74) is 7.45. The Kier molecular flexibility index (Phi) is 7.88. The Morgan fingerprint density at radius 3 is 2.32 bits per heavy atom. The van der Waals surface area contributed by atoms with Gasteiger partial charge in [-0.3, -0.25) is 24.4 Å². The molecule has 10 heteroatoms. The molecular weight excluding hydrogens is 470 g/mol. The highest BCUT2D eigenvalue weighted by atomic mass is 16.7. The lowest BCUT2D eigenvalue weighted by atomic mass is 9.76. The van der Waals surface area contributed by atoms with Crippen LogP contribution >= 0.6 is 0 Å². The molecule has 2 heterocycles. The summed E-state index contributed by atoms with van der Waals surface area (Å²) < 4.78 is 1.42. The molecule has 1 aliphatic heterocycles. The number of anilines is 1. The van der Waals surface area contributed by atoms with Crippen molar-refractivity contribution in [2.45, 2.75) is 38.3 Å². The zero-order valence-electron chi connectivity index (χ0n) is 21.1. The molecule has 0 spiro atoms. The van der Waals surface area contributed by atoms with Gasteiger partial charge in [0.15, 0.2) is 5.82 Å². The predicted octanol–water partition coefficient (Wildman–Crippen LogP) is 1.99. The molecule has 5 N–H and O–H groups in total. The van der Waals surface area contributed by atoms with Gasteiger partial charge in [-0.15, -0.1) is 0 Å². The number of aromatic nitrogens is 2. The summed E-state index contributed by atoms with van der Waals surface area (Å²) in [5, 5.41) is 14.9. The average molecular weight is 504 g/mol. The Bertz CT molecular complexity index is 1250. The van der Waals surface area contributed by atoms with Crippen LogP contribution in [0.5, 0.6) is 0 Å². The molecule has 0 saturated carbocycles. The number of carbonyl (C=O) groups is 1. The minimum Gasteiger partial charge on any atom is -0.368 e. The lowest BCUT2D eigenvalue weighted by molar-refractivity contribution is -0.143. The number of nitrogens with one attached hydrogen (secondary N) is 3. The van der Waals surface area contributed by atoms with Crippen LogP contribution in [0.3, 0.4) is 0 Å². The van der Waals surface area contributed by atoms with Crippen LogP contribution in [0.2, 0.25) is 0 Å². The summed E-state index contributed by atoms with van der Waals surface area (Å²) in [6, 6.07) is 20.0. The van der Waals surface area contributed by atoms with E-state index in [9.17, 15) is 9.59 Å². The van der Waals surface area contributed by atoms with Gasteiger partial charge in [-0.2, -0.15) is 0 Å². The van der Waals surface area contributed by atoms with Gasteiger partial charge < -0.3 is 16.4 Å². The van der Waals surface area contributed by atoms with E-state index in [4.69, 9.17) is 16.0 Å². The van der Waals surface area contributed by atoms with Gasteiger partial charge in [-0.05, 0) is 31.4 Å². The topological polar surface area (TPSA) is 138 Å². The van der Waals surface area contributed by atoms with E-state index in [-0.39, 0.29) is 42.4 Å². The van der Waals surface area contributed by atoms with E-state index < -0.39 is 5.41 Å². The van der Waals surface area contributed by atoms with Crippen LogP contribution < -0.4 is 21.9 Å². The molecule has 3 aromatic rings. The highest BCUT2D eigenvalue weighted by Crippen LogP contribution is 2.31. The van der Waals surface area contributed by atoms with Crippen LogP contribution in [0.15, 0.2) is 71.7 Å². The molecule has 0 aliphatic carbocycles. The van der Waals surface area contributed by atoms with Gasteiger partial charge in [-0.1, -0.05) is 60.7 Å². The van der Waals surface area contributed by atoms with Crippen molar-refractivity contribution in [3.05, 3.63) is 94.0 Å². The number of hydrogen-bond acceptors (Lipinski definition) is 6. The van der Waals surface area contributed by atoms with E-state index in [1.807, 2.05) is 36.4 Å². The van der Waals surface area contributed by atoms with Crippen LogP contribution in [-0.4, -0.2) is 52.2 Å². The molecule has 1 aliphatic rings. The predicted molar refractivity (Wildman–Crippen MR) is 142 cm³/mol. The maximum atomic E-state index is 13.3. The maximum Gasteiger partial charge on any atom is 0.293 e. The third-order valence-corrected chi connectivity index (χ3v) is 6.73. The molecular formula is C27H33N7O3. The Hall–Kier alpha value is -4.18. The molecule has 1 aromatic heterocycles. The lowest BCUT2D eigenvalue weighted by Gasteiger charge is -2.32. The highest BCUT2D eigenvalue weighted by molar-refractivity contribution is 5.76. The van der Waals surface area contributed by atoms with Gasteiger partial charge in [0.2, 0.25) is 11.9 Å². The fraction of sp³-hybridized carbons (Fsp3) is 0.333. The first-order valence-electron chi connectivity index (χ1n) is 12.2. The molecule has 37 heavy (non-hydrogen) atoms. The summed E-state index contributed by atoms with van der Waals surface area (Å²) >= 11 is 0. The molecule has 4 rings (SSSR count). The van der Waals surface area contributed by atoms with Crippen LogP contribution in [0.4, 0.5) is 5.82 Å². The van der Waals surface area contributed by atoms with Crippen LogP contribution in [0.1, 0.15) is 30.2 Å². The van der Waals surface area contributed by atoms with Crippen molar-refractivity contribution in [3.63, 3.8) is 0 Å². The van der Waals surface area contributed by atoms with E-state index in [2.05, 4.69) is 46.8 Å². The summed E-state index contributed by atoms with van der Waals surface area (Å²) in [6.45, 7) is 4.79. The smallest absolute Gasteiger partial charge is 0.293 e. The van der Waals surface area contributed by atoms with Crippen LogP contribution in [0, 0.1) is 12.3 Å². The molecule has 1 atom stereocenters. The number of rotatable bonds is 8. The molecule has 1 amide bonds. The average Bonchev–Trinajstić information content (AvgIpc) is 2.91. The van der Waals surface area contributed by atoms with Crippen molar-refractivity contribution in [1.29, 1.82) is 5.41 Å². The minimum absolute atomic E-state index is 0.135. The number of amides is 1. The number of carbonyl (C=O) groups excluding carboxylic acids is 1. The first-order valence-corrected chi connectivity index (χ1v) is 12.2. The number of benzene rings is 2. The number of aryl methyl sites for hydroxylation is 1. The van der Waals surface area contributed by atoms with Crippen molar-refractivity contribution in [3.8, 4) is 0 Å². The van der Waals surface area contributed by atoms with E-state index in [0.29, 0.717) is 25.2 Å². The van der Waals surface area contributed by atoms with Crippen molar-refractivity contribution < 1.29 is 9.63 Å². The minimum atomic E-state index is -0.418. The fourth-order valence-electron chi connectivity index (χ4n) is 4.45. The number of hydrogen-bond donors (Lipinski definition) is 4. The second-order valence-corrected chi connectivity index (χ2v) is 9.39. The molecule has 10 nitrogen and oxygen atoms in total. The first-order chi connectivity index (χ1) is 17.8. The zero-order chi connectivity index (χ0) is 26.4. The highest BCUT2D eigenvalue weighted by Gasteiger charge is 2.29. The second kappa shape index (κ2) is 11.3. The summed E-state index contributed by atoms with van der Waals surface area (Å²) in [5.74, 6) is -0.278. The van der Waals surface area contributed by atoms with Crippen LogP contribution in [-0.2, 0) is 21.6 Å². The summed E-state index contributed by atoms with van der Waals surface area (Å²) in [6.07, 6.45) is 2.17. The summed E-state index contributed by atoms with van der Waals surface area (Å²) in [4.78, 5) is 35.8. The number of nitrogens with zero attached hydrogens (tertiary/aromatic N) is 3. The molecule has 194 valence electrons. The SMILES string of the molecule is Cc1cnc(NCC(C)(c2ccccc2)c2ccccc2)c(=O)n1CC(=O)NC1CCN(C(=N)N)OC1. The van der Waals surface area contributed by atoms with E-state index >= 15 is 0 Å². The van der Waals surface area contributed by atoms with Crippen LogP contribution in [0.25, 0.3) is 0 Å². The Labute approximate surface area is 215 Å². The fourth-order valence-corrected chi connectivity index (χ4v) is 4.45. The zero-order valence-corrected chi connectivity index (χ0v) is 21.1. The van der Waals surface area contributed by atoms with E-state index in [1.165, 1.54) is 9.63 Å². The Balaban J connectivity index is 1.48. The summed E-state index contributed by atoms with van der Waals surface area (Å²) in [7, 11) is 0. The molecule has 0 bridgehead atoms. The number of hydroxylamine groups is 2. The van der Waals surface area contributed by atoms with E-state index in [0.717, 1.165) is 11.1 Å². The molecule has 2 aromatic carbocycles. The number of nitrogens with two attached hydrogens (primary N) is 1. The quantitative estimate of drug-likeness (QED) is 0.272. The Morgan fingerprint density at radius 1 is 1.16 bits per heavy atom. The van der Waals surface area contributed by atoms with Crippen molar-refractivity contribution >= 4 is 17.7 Å². The normalized spacial score (nSPS) is 15.7. The monoisotopic (exact) mass is 503 g/mol. The standard InChI is InChI=1S/C27H33N7O3/c1-19-15-30-24(25(36)33(19)16-23(35)32-22-13-14-34(26(28)29)37-17-22)31-18-27(2,20-9-5-3-6-10-20)21-11-7-4-8-12-21/h3-12,15,22H,13-14,16-18H2,1-2H3,(H3,28,29)(H,30,31)(H,32,35). The lowest BCUT2D eigenvalue weighted by Crippen LogP contribution is -2.50. The Morgan fingerprint density at radius 2 is 1.78 bits per heavy atom. The molecule has 1 unspecified atom stereocenters. The third kappa shape index (κ3) is 5.97. The van der Waals surface area contributed by atoms with Crippen molar-refractivity contribution in [2.75, 3.05) is 25.0 Å². The first kappa shape index (κ1) is 25.9. The van der Waals surface area contributed by atoms with Gasteiger partial charge in [0.1, 0.15) is 6.54 Å². The van der Waals surface area contributed by atoms with Crippen molar-refractivity contribution in [1.82, 2.24) is 19.9 Å². The van der Waals surface area contributed by atoms with Gasteiger partial charge in [0.25, 0.3) is 5.56 Å². The van der Waals surface area contributed by atoms with Gasteiger partial charge in [0.05, 0.1) is 19.2 Å². The van der Waals surface area contributed by atoms with Gasteiger partial charge >= 0.3 is 0 Å². The second-order valence-electron chi connectivity index (χ2n) is 9.39. The molecule has 0 radical (unpaired) electrons. The molecule has 1 fully saturated rings. The number of guanidine groups is 1. The third-order valence-electron chi connectivity index (χ3n) is 6.73. The largest absolute Gasteiger partial charge is 0.368 e. The van der Waals surface area contributed by atoms with Gasteiger partial charge in [-0.25, -0.2) is 10.0 Å². The van der Waals surface area contributed by atoms with Crippen molar-refractivity contribution in [2.24, 2.45) is 5.73 Å². The maximum absolute atomic E-state index is 13.3. The van der Waals surface area contributed by atoms with E-state index in [1.54, 1.807) is 13.1 Å².